The van der Waals surface area contributed by atoms with Crippen LogP contribution >= 0.6 is 6.72 Å². The van der Waals surface area contributed by atoms with Crippen LogP contribution in [0.25, 0.3) is 0 Å². The molecular weight excluding hydrogens is 523 g/mol. The maximum atomic E-state index is 11.2. The Labute approximate surface area is 229 Å². The van der Waals surface area contributed by atoms with Crippen molar-refractivity contribution in [3.63, 3.8) is 0 Å². The predicted octanol–water partition coefficient (Wildman–Crippen LogP) is 6.60. The Hall–Kier alpha value is -3.23. The minimum absolute atomic E-state index is 0.0924. The number of benzene rings is 2. The zero-order valence-electron chi connectivity index (χ0n) is 22.2. The second kappa shape index (κ2) is 15.2. The number of phenolic OH excluding ortho intramolecular Hbond substituents is 1. The predicted molar refractivity (Wildman–Crippen MR) is 151 cm³/mol. The summed E-state index contributed by atoms with van der Waals surface area (Å²) in [6.45, 7) is 7.78. The highest BCUT2D eigenvalue weighted by Crippen LogP contribution is 2.49. The van der Waals surface area contributed by atoms with Crippen molar-refractivity contribution in [1.29, 1.82) is 0 Å². The van der Waals surface area contributed by atoms with Crippen molar-refractivity contribution in [1.82, 2.24) is 9.97 Å². The summed E-state index contributed by atoms with van der Waals surface area (Å²) < 4.78 is 16.6. The molecule has 1 aliphatic carbocycles. The van der Waals surface area contributed by atoms with Gasteiger partial charge in [0.05, 0.1) is 13.2 Å². The lowest BCUT2D eigenvalue weighted by Gasteiger charge is -2.20. The summed E-state index contributed by atoms with van der Waals surface area (Å²) in [7, 11) is 0. The Morgan fingerprint density at radius 2 is 1.37 bits per heavy atom. The molecule has 1 aromatic heterocycles. The highest BCUT2D eigenvalue weighted by Gasteiger charge is 2.23. The summed E-state index contributed by atoms with van der Waals surface area (Å²) >= 11 is 5.32. The summed E-state index contributed by atoms with van der Waals surface area (Å²) in [5.74, 6) is 1.50. The van der Waals surface area contributed by atoms with E-state index < -0.39 is 6.72 Å². The van der Waals surface area contributed by atoms with E-state index in [9.17, 15) is 9.59 Å². The van der Waals surface area contributed by atoms with Crippen LogP contribution in [-0.4, -0.2) is 39.9 Å². The van der Waals surface area contributed by atoms with Crippen molar-refractivity contribution in [3.8, 4) is 11.6 Å². The number of phenols is 1. The lowest BCUT2D eigenvalue weighted by molar-refractivity contribution is 0.0994. The molecule has 4 rings (SSSR count). The Balaban J connectivity index is 0.000000224. The van der Waals surface area contributed by atoms with E-state index in [4.69, 9.17) is 30.5 Å². The topological polar surface area (TPSA) is 108 Å². The van der Waals surface area contributed by atoms with Crippen molar-refractivity contribution in [2.75, 3.05) is 13.2 Å². The first kappa shape index (κ1) is 31.0. The normalized spacial score (nSPS) is 12.2. The van der Waals surface area contributed by atoms with Gasteiger partial charge in [0.15, 0.2) is 11.6 Å². The van der Waals surface area contributed by atoms with Crippen LogP contribution in [0, 0.1) is 6.92 Å². The fourth-order valence-electron chi connectivity index (χ4n) is 3.06. The summed E-state index contributed by atoms with van der Waals surface area (Å²) in [6, 6.07) is 17.3. The average Bonchev–Trinajstić information content (AvgIpc) is 2.87. The Morgan fingerprint density at radius 3 is 1.79 bits per heavy atom. The molecule has 1 N–H and O–H groups in total. The number of ketones is 2. The molecule has 0 spiro atoms. The molecule has 0 radical (unpaired) electrons. The fourth-order valence-corrected chi connectivity index (χ4v) is 5.06. The molecule has 38 heavy (non-hydrogen) atoms. The third kappa shape index (κ3) is 9.91. The molecule has 0 saturated carbocycles. The number of aromatic hydroxyl groups is 1. The Morgan fingerprint density at radius 1 is 0.868 bits per heavy atom. The number of fused-ring (bicyclic) bond motifs is 1. The molecule has 3 aromatic rings. The summed E-state index contributed by atoms with van der Waals surface area (Å²) in [4.78, 5) is 31.1. The Bertz CT molecular complexity index is 1250. The van der Waals surface area contributed by atoms with Gasteiger partial charge in [-0.2, -0.15) is 4.98 Å². The largest absolute Gasteiger partial charge is 0.508 e. The monoisotopic (exact) mass is 556 g/mol. The number of hydrogen-bond donors (Lipinski definition) is 1. The first-order valence-corrected chi connectivity index (χ1v) is 14.7. The van der Waals surface area contributed by atoms with E-state index in [1.54, 1.807) is 54.6 Å². The molecular formula is C28H33N2O6PS. The highest BCUT2D eigenvalue weighted by molar-refractivity contribution is 8.07. The number of carbonyl (C=O) groups excluding carboxylic acids is 2. The second-order valence-corrected chi connectivity index (χ2v) is 11.1. The van der Waals surface area contributed by atoms with E-state index >= 15 is 0 Å². The van der Waals surface area contributed by atoms with E-state index in [0.717, 1.165) is 11.5 Å². The lowest BCUT2D eigenvalue weighted by Crippen LogP contribution is -2.10. The minimum atomic E-state index is -2.77. The molecule has 0 fully saturated rings. The van der Waals surface area contributed by atoms with Gasteiger partial charge >= 0.3 is 6.72 Å². The maximum absolute atomic E-state index is 11.2. The molecule has 0 bridgehead atoms. The van der Waals surface area contributed by atoms with Gasteiger partial charge < -0.3 is 9.63 Å². The highest BCUT2D eigenvalue weighted by atomic mass is 32.5. The van der Waals surface area contributed by atoms with Crippen molar-refractivity contribution < 1.29 is 28.3 Å². The summed E-state index contributed by atoms with van der Waals surface area (Å²) in [5.41, 5.74) is 1.85. The van der Waals surface area contributed by atoms with Gasteiger partial charge in [0.2, 0.25) is 5.88 Å². The number of hydrogen-bond acceptors (Lipinski definition) is 9. The number of allylic oxidation sites excluding steroid dienone is 2. The summed E-state index contributed by atoms with van der Waals surface area (Å²) in [6.07, 6.45) is 2.62. The Kier molecular flexibility index (Phi) is 12.4. The summed E-state index contributed by atoms with van der Waals surface area (Å²) in [5, 5.41) is 8.63. The van der Waals surface area contributed by atoms with Crippen molar-refractivity contribution in [3.05, 3.63) is 95.5 Å². The van der Waals surface area contributed by atoms with Crippen LogP contribution in [0.5, 0.6) is 11.6 Å². The molecule has 10 heteroatoms. The molecule has 0 atom stereocenters. The van der Waals surface area contributed by atoms with Crippen LogP contribution in [0.2, 0.25) is 0 Å². The van der Waals surface area contributed by atoms with E-state index in [1.807, 2.05) is 40.7 Å². The van der Waals surface area contributed by atoms with E-state index in [2.05, 4.69) is 9.97 Å². The average molecular weight is 557 g/mol. The van der Waals surface area contributed by atoms with Gasteiger partial charge in [0.1, 0.15) is 11.6 Å². The maximum Gasteiger partial charge on any atom is 0.381 e. The third-order valence-electron chi connectivity index (χ3n) is 4.74. The smallest absolute Gasteiger partial charge is 0.381 e. The molecule has 0 unspecified atom stereocenters. The molecule has 0 saturated heterocycles. The first-order valence-electron chi connectivity index (χ1n) is 12.1. The molecule has 2 aromatic carbocycles. The number of rotatable bonds is 7. The van der Waals surface area contributed by atoms with Crippen LogP contribution in [0.15, 0.2) is 72.8 Å². The SMILES string of the molecule is CCOP(=S)(OCC)Oc1cc(C)nc(C(C)C)n1.O=C1C=CC(=O)c2ccccc21.Oc1ccccc1. The van der Waals surface area contributed by atoms with E-state index in [-0.39, 0.29) is 17.5 Å². The number of aryl methyl sites for hydroxylation is 1. The zero-order valence-corrected chi connectivity index (χ0v) is 23.9. The molecule has 202 valence electrons. The number of nitrogens with zero attached hydrogens (tertiary/aromatic N) is 2. The van der Waals surface area contributed by atoms with Crippen molar-refractivity contribution in [2.45, 2.75) is 40.5 Å². The van der Waals surface area contributed by atoms with Gasteiger partial charge in [0, 0.05) is 40.6 Å². The van der Waals surface area contributed by atoms with Crippen LogP contribution in [-0.2, 0) is 20.9 Å². The molecule has 8 nitrogen and oxygen atoms in total. The molecule has 1 heterocycles. The second-order valence-electron chi connectivity index (χ2n) is 8.18. The van der Waals surface area contributed by atoms with Gasteiger partial charge in [-0.25, -0.2) is 4.98 Å². The molecule has 0 aliphatic heterocycles. The number of para-hydroxylation sites is 1. The van der Waals surface area contributed by atoms with Crippen LogP contribution < -0.4 is 4.52 Å². The van der Waals surface area contributed by atoms with Gasteiger partial charge in [-0.1, -0.05) is 56.3 Å². The van der Waals surface area contributed by atoms with Gasteiger partial charge in [-0.05, 0) is 45.1 Å². The van der Waals surface area contributed by atoms with Gasteiger partial charge in [0.25, 0.3) is 0 Å². The van der Waals surface area contributed by atoms with Crippen molar-refractivity contribution in [2.24, 2.45) is 0 Å². The molecule has 0 amide bonds. The lowest BCUT2D eigenvalue weighted by atomic mass is 9.95. The third-order valence-corrected chi connectivity index (χ3v) is 7.16. The zero-order chi connectivity index (χ0) is 28.1. The minimum Gasteiger partial charge on any atom is -0.508 e. The number of carbonyl (C=O) groups is 2. The van der Waals surface area contributed by atoms with E-state index in [1.165, 1.54) is 12.2 Å². The van der Waals surface area contributed by atoms with E-state index in [0.29, 0.717) is 36.0 Å². The molecule has 1 aliphatic rings. The standard InChI is InChI=1S/C12H21N2O3PS.C10H6O2.C6H6O/c1-6-15-18(19,16-7-2)17-11-8-10(5)13-12(14-11)9(3)4;11-9-5-6-10(12)8-4-2-1-3-7(8)9;7-6-4-2-1-3-5-6/h8-9H,6-7H2,1-5H3;1-6H;1-5,7H. The number of aromatic nitrogens is 2. The van der Waals surface area contributed by atoms with Crippen LogP contribution in [0.4, 0.5) is 0 Å². The van der Waals surface area contributed by atoms with Crippen LogP contribution in [0.1, 0.15) is 65.8 Å². The van der Waals surface area contributed by atoms with Gasteiger partial charge in [-0.3, -0.25) is 18.6 Å². The first-order chi connectivity index (χ1) is 18.1. The quantitative estimate of drug-likeness (QED) is 0.322. The van der Waals surface area contributed by atoms with Crippen LogP contribution in [0.3, 0.4) is 0 Å². The van der Waals surface area contributed by atoms with Gasteiger partial charge in [-0.15, -0.1) is 0 Å². The fraction of sp³-hybridized carbons (Fsp3) is 0.286. The van der Waals surface area contributed by atoms with Crippen molar-refractivity contribution >= 4 is 30.1 Å².